The van der Waals surface area contributed by atoms with E-state index in [-0.39, 0.29) is 12.4 Å². The summed E-state index contributed by atoms with van der Waals surface area (Å²) in [6, 6.07) is 15.2. The van der Waals surface area contributed by atoms with Crippen LogP contribution in [-0.4, -0.2) is 28.1 Å². The van der Waals surface area contributed by atoms with Gasteiger partial charge in [0.1, 0.15) is 0 Å². The van der Waals surface area contributed by atoms with Crippen LogP contribution in [0.1, 0.15) is 26.4 Å². The van der Waals surface area contributed by atoms with E-state index in [2.05, 4.69) is 5.10 Å². The lowest BCUT2D eigenvalue weighted by molar-refractivity contribution is 0.0475. The molecule has 0 amide bonds. The van der Waals surface area contributed by atoms with E-state index in [0.717, 1.165) is 11.4 Å². The van der Waals surface area contributed by atoms with Crippen LogP contribution in [0.3, 0.4) is 0 Å². The molecule has 0 radical (unpaired) electrons. The summed E-state index contributed by atoms with van der Waals surface area (Å²) in [5.41, 5.74) is 2.65. The summed E-state index contributed by atoms with van der Waals surface area (Å²) >= 11 is 5.78. The number of benzene rings is 2. The van der Waals surface area contributed by atoms with Crippen molar-refractivity contribution in [3.05, 3.63) is 82.6 Å². The fourth-order valence-corrected chi connectivity index (χ4v) is 2.44. The molecule has 0 atom stereocenters. The van der Waals surface area contributed by atoms with Crippen molar-refractivity contribution >= 4 is 23.4 Å². The molecular formula is C19H15ClN2O3. The molecule has 0 fully saturated rings. The first-order valence-corrected chi connectivity index (χ1v) is 7.99. The van der Waals surface area contributed by atoms with Crippen molar-refractivity contribution in [2.24, 2.45) is 0 Å². The lowest BCUT2D eigenvalue weighted by Gasteiger charge is -2.07. The highest BCUT2D eigenvalue weighted by Gasteiger charge is 2.12. The summed E-state index contributed by atoms with van der Waals surface area (Å²) < 4.78 is 6.85. The van der Waals surface area contributed by atoms with Crippen molar-refractivity contribution in [1.82, 2.24) is 9.78 Å². The Bertz CT molecular complexity index is 899. The van der Waals surface area contributed by atoms with Crippen molar-refractivity contribution < 1.29 is 14.3 Å². The maximum absolute atomic E-state index is 12.1. The first kappa shape index (κ1) is 16.9. The highest BCUT2D eigenvalue weighted by Crippen LogP contribution is 2.13. The van der Waals surface area contributed by atoms with Crippen LogP contribution in [0.2, 0.25) is 5.02 Å². The predicted octanol–water partition coefficient (Wildman–Crippen LogP) is 3.87. The van der Waals surface area contributed by atoms with E-state index in [4.69, 9.17) is 16.3 Å². The van der Waals surface area contributed by atoms with Gasteiger partial charge in [0.2, 0.25) is 0 Å². The van der Waals surface area contributed by atoms with E-state index in [1.54, 1.807) is 59.4 Å². The quantitative estimate of drug-likeness (QED) is 0.515. The molecule has 0 bridgehead atoms. The third-order valence-electron chi connectivity index (χ3n) is 3.68. The molecule has 1 aromatic heterocycles. The summed E-state index contributed by atoms with van der Waals surface area (Å²) in [5, 5.41) is 4.75. The van der Waals surface area contributed by atoms with E-state index >= 15 is 0 Å². The third-order valence-corrected chi connectivity index (χ3v) is 3.93. The summed E-state index contributed by atoms with van der Waals surface area (Å²) in [6.45, 7) is 1.62. The first-order valence-electron chi connectivity index (χ1n) is 7.61. The molecule has 0 aliphatic carbocycles. The zero-order valence-corrected chi connectivity index (χ0v) is 14.2. The van der Waals surface area contributed by atoms with Gasteiger partial charge in [0.15, 0.2) is 12.4 Å². The SMILES string of the molecule is Cc1ccnn1-c1ccc(C(=O)OCC(=O)c2ccc(Cl)cc2)cc1. The van der Waals surface area contributed by atoms with Gasteiger partial charge in [-0.15, -0.1) is 0 Å². The molecule has 0 spiro atoms. The van der Waals surface area contributed by atoms with Crippen molar-refractivity contribution in [3.8, 4) is 5.69 Å². The maximum Gasteiger partial charge on any atom is 0.338 e. The summed E-state index contributed by atoms with van der Waals surface area (Å²) in [7, 11) is 0. The van der Waals surface area contributed by atoms with Crippen LogP contribution in [0.15, 0.2) is 60.8 Å². The zero-order valence-electron chi connectivity index (χ0n) is 13.5. The van der Waals surface area contributed by atoms with E-state index in [1.165, 1.54) is 0 Å². The van der Waals surface area contributed by atoms with Gasteiger partial charge in [0.25, 0.3) is 0 Å². The minimum absolute atomic E-state index is 0.284. The second-order valence-corrected chi connectivity index (χ2v) is 5.87. The van der Waals surface area contributed by atoms with Gasteiger partial charge >= 0.3 is 5.97 Å². The van der Waals surface area contributed by atoms with E-state index in [9.17, 15) is 9.59 Å². The molecule has 1 heterocycles. The molecule has 0 saturated carbocycles. The molecule has 3 rings (SSSR count). The Labute approximate surface area is 149 Å². The number of hydrogen-bond donors (Lipinski definition) is 0. The number of esters is 1. The number of carbonyl (C=O) groups is 2. The Morgan fingerprint density at radius 2 is 1.64 bits per heavy atom. The summed E-state index contributed by atoms with van der Waals surface area (Å²) in [5.74, 6) is -0.833. The zero-order chi connectivity index (χ0) is 17.8. The summed E-state index contributed by atoms with van der Waals surface area (Å²) in [4.78, 5) is 24.1. The number of aryl methyl sites for hydroxylation is 1. The van der Waals surface area contributed by atoms with Crippen LogP contribution < -0.4 is 0 Å². The van der Waals surface area contributed by atoms with Gasteiger partial charge in [-0.2, -0.15) is 5.10 Å². The molecule has 5 nitrogen and oxygen atoms in total. The van der Waals surface area contributed by atoms with Gasteiger partial charge in [-0.1, -0.05) is 11.6 Å². The molecule has 0 aliphatic heterocycles. The monoisotopic (exact) mass is 354 g/mol. The average molecular weight is 355 g/mol. The Kier molecular flexibility index (Phi) is 4.95. The number of ether oxygens (including phenoxy) is 1. The molecule has 0 unspecified atom stereocenters. The third kappa shape index (κ3) is 3.95. The highest BCUT2D eigenvalue weighted by atomic mass is 35.5. The minimum Gasteiger partial charge on any atom is -0.454 e. The number of halogens is 1. The average Bonchev–Trinajstić information content (AvgIpc) is 3.06. The van der Waals surface area contributed by atoms with Crippen LogP contribution in [-0.2, 0) is 4.74 Å². The number of ketones is 1. The lowest BCUT2D eigenvalue weighted by Crippen LogP contribution is -2.14. The molecule has 2 aromatic carbocycles. The Balaban J connectivity index is 1.62. The molecule has 0 aliphatic rings. The molecule has 0 saturated heterocycles. The van der Waals surface area contributed by atoms with Gasteiger partial charge < -0.3 is 4.74 Å². The van der Waals surface area contributed by atoms with Crippen molar-refractivity contribution in [3.63, 3.8) is 0 Å². The predicted molar refractivity (Wildman–Crippen MR) is 94.4 cm³/mol. The molecule has 126 valence electrons. The molecular weight excluding hydrogens is 340 g/mol. The number of Topliss-reactive ketones (excluding diaryl/α,β-unsaturated/α-hetero) is 1. The number of nitrogens with zero attached hydrogens (tertiary/aromatic N) is 2. The number of rotatable bonds is 5. The Hall–Kier alpha value is -2.92. The topological polar surface area (TPSA) is 61.2 Å². The fraction of sp³-hybridized carbons (Fsp3) is 0.105. The van der Waals surface area contributed by atoms with Gasteiger partial charge in [0.05, 0.1) is 11.3 Å². The van der Waals surface area contributed by atoms with Gasteiger partial charge in [-0.3, -0.25) is 4.79 Å². The van der Waals surface area contributed by atoms with Gasteiger partial charge in [-0.05, 0) is 61.5 Å². The van der Waals surface area contributed by atoms with Crippen LogP contribution in [0.5, 0.6) is 0 Å². The second kappa shape index (κ2) is 7.32. The molecule has 25 heavy (non-hydrogen) atoms. The van der Waals surface area contributed by atoms with E-state index in [1.807, 2.05) is 13.0 Å². The number of aromatic nitrogens is 2. The standard InChI is InChI=1S/C19H15ClN2O3/c1-13-10-11-21-22(13)17-8-4-15(5-9-17)19(24)25-12-18(23)14-2-6-16(20)7-3-14/h2-11H,12H2,1H3. The lowest BCUT2D eigenvalue weighted by atomic mass is 10.1. The van der Waals surface area contributed by atoms with Crippen LogP contribution in [0, 0.1) is 6.92 Å². The maximum atomic E-state index is 12.1. The minimum atomic E-state index is -0.550. The normalized spacial score (nSPS) is 10.5. The second-order valence-electron chi connectivity index (χ2n) is 5.44. The van der Waals surface area contributed by atoms with Crippen molar-refractivity contribution in [1.29, 1.82) is 0 Å². The molecule has 0 N–H and O–H groups in total. The van der Waals surface area contributed by atoms with Crippen molar-refractivity contribution in [2.75, 3.05) is 6.61 Å². The molecule has 6 heteroatoms. The first-order chi connectivity index (χ1) is 12.0. The number of carbonyl (C=O) groups excluding carboxylic acids is 2. The van der Waals surface area contributed by atoms with Crippen molar-refractivity contribution in [2.45, 2.75) is 6.92 Å². The van der Waals surface area contributed by atoms with E-state index < -0.39 is 5.97 Å². The van der Waals surface area contributed by atoms with Gasteiger partial charge in [0, 0.05) is 22.5 Å². The van der Waals surface area contributed by atoms with Crippen LogP contribution in [0.4, 0.5) is 0 Å². The Morgan fingerprint density at radius 3 is 2.24 bits per heavy atom. The smallest absolute Gasteiger partial charge is 0.338 e. The Morgan fingerprint density at radius 1 is 1.00 bits per heavy atom. The van der Waals surface area contributed by atoms with Crippen LogP contribution >= 0.6 is 11.6 Å². The fourth-order valence-electron chi connectivity index (χ4n) is 2.31. The van der Waals surface area contributed by atoms with Crippen LogP contribution in [0.25, 0.3) is 5.69 Å². The summed E-state index contributed by atoms with van der Waals surface area (Å²) in [6.07, 6.45) is 1.71. The number of hydrogen-bond acceptors (Lipinski definition) is 4. The largest absolute Gasteiger partial charge is 0.454 e. The highest BCUT2D eigenvalue weighted by molar-refractivity contribution is 6.30. The van der Waals surface area contributed by atoms with E-state index in [0.29, 0.717) is 16.1 Å². The van der Waals surface area contributed by atoms with Gasteiger partial charge in [-0.25, -0.2) is 9.48 Å². The molecule has 3 aromatic rings.